The molecule has 7 nitrogen and oxygen atoms in total. The molecule has 0 aliphatic carbocycles. The summed E-state index contributed by atoms with van der Waals surface area (Å²) < 4.78 is 14.2. The van der Waals surface area contributed by atoms with Crippen LogP contribution in [0.4, 0.5) is 14.9 Å². The average Bonchev–Trinajstić information content (AvgIpc) is 3.03. The number of hydrazine groups is 1. The number of benzene rings is 1. The summed E-state index contributed by atoms with van der Waals surface area (Å²) in [6.45, 7) is 3.01. The minimum absolute atomic E-state index is 0.000498. The molecular formula is C16H20BrFN4O3. The summed E-state index contributed by atoms with van der Waals surface area (Å²) in [5, 5.41) is 2.30. The molecule has 25 heavy (non-hydrogen) atoms. The Labute approximate surface area is 153 Å². The van der Waals surface area contributed by atoms with Crippen molar-refractivity contribution in [2.75, 3.05) is 18.4 Å². The highest BCUT2D eigenvalue weighted by molar-refractivity contribution is 9.10. The molecule has 1 heterocycles. The van der Waals surface area contributed by atoms with Gasteiger partial charge < -0.3 is 10.2 Å². The van der Waals surface area contributed by atoms with Gasteiger partial charge in [-0.1, -0.05) is 22.9 Å². The summed E-state index contributed by atoms with van der Waals surface area (Å²) >= 11 is 3.12. The van der Waals surface area contributed by atoms with E-state index in [-0.39, 0.29) is 29.8 Å². The number of nitrogens with one attached hydrogen (secondary N) is 3. The zero-order chi connectivity index (χ0) is 18.4. The molecule has 1 atom stereocenters. The van der Waals surface area contributed by atoms with E-state index < -0.39 is 11.8 Å². The molecule has 1 aromatic rings. The van der Waals surface area contributed by atoms with Crippen LogP contribution in [0.1, 0.15) is 26.2 Å². The fourth-order valence-electron chi connectivity index (χ4n) is 2.63. The van der Waals surface area contributed by atoms with Crippen molar-refractivity contribution in [1.82, 2.24) is 15.8 Å². The van der Waals surface area contributed by atoms with Crippen LogP contribution in [0.15, 0.2) is 22.7 Å². The maximum atomic E-state index is 13.6. The second-order valence-corrected chi connectivity index (χ2v) is 6.72. The lowest BCUT2D eigenvalue weighted by atomic mass is 10.1. The Morgan fingerprint density at radius 1 is 1.32 bits per heavy atom. The van der Waals surface area contributed by atoms with Gasteiger partial charge in [0.2, 0.25) is 11.8 Å². The minimum Gasteiger partial charge on any atom is -0.342 e. The Balaban J connectivity index is 1.73. The highest BCUT2D eigenvalue weighted by atomic mass is 79.9. The van der Waals surface area contributed by atoms with Crippen molar-refractivity contribution in [1.29, 1.82) is 0 Å². The van der Waals surface area contributed by atoms with E-state index in [1.165, 1.54) is 12.1 Å². The highest BCUT2D eigenvalue weighted by Gasteiger charge is 2.27. The van der Waals surface area contributed by atoms with Gasteiger partial charge in [-0.25, -0.2) is 14.6 Å². The van der Waals surface area contributed by atoms with E-state index in [1.54, 1.807) is 17.9 Å². The van der Waals surface area contributed by atoms with Gasteiger partial charge in [0.05, 0.1) is 5.69 Å². The number of nitrogens with zero attached hydrogens (tertiary/aromatic N) is 1. The van der Waals surface area contributed by atoms with Crippen LogP contribution in [0.25, 0.3) is 0 Å². The molecule has 9 heteroatoms. The third kappa shape index (κ3) is 5.70. The summed E-state index contributed by atoms with van der Waals surface area (Å²) in [6, 6.07) is 3.46. The van der Waals surface area contributed by atoms with Crippen LogP contribution in [0.3, 0.4) is 0 Å². The van der Waals surface area contributed by atoms with Crippen LogP contribution < -0.4 is 16.2 Å². The molecule has 1 aliphatic rings. The molecule has 0 spiro atoms. The summed E-state index contributed by atoms with van der Waals surface area (Å²) in [5.74, 6) is -0.800. The van der Waals surface area contributed by atoms with Gasteiger partial charge in [-0.05, 0) is 30.5 Å². The first-order chi connectivity index (χ1) is 11.9. The maximum Gasteiger partial charge on any atom is 0.338 e. The Hall–Kier alpha value is -2.16. The largest absolute Gasteiger partial charge is 0.342 e. The lowest BCUT2D eigenvalue weighted by molar-refractivity contribution is -0.130. The second kappa shape index (κ2) is 8.80. The number of rotatable bonds is 4. The van der Waals surface area contributed by atoms with E-state index in [0.29, 0.717) is 24.0 Å². The maximum absolute atomic E-state index is 13.6. The molecule has 3 N–H and O–H groups in total. The van der Waals surface area contributed by atoms with Gasteiger partial charge >= 0.3 is 6.03 Å². The van der Waals surface area contributed by atoms with E-state index in [0.717, 1.165) is 6.42 Å². The third-order valence-electron chi connectivity index (χ3n) is 3.91. The van der Waals surface area contributed by atoms with Crippen molar-refractivity contribution in [2.24, 2.45) is 5.92 Å². The van der Waals surface area contributed by atoms with Gasteiger partial charge in [-0.15, -0.1) is 0 Å². The van der Waals surface area contributed by atoms with Crippen molar-refractivity contribution >= 4 is 39.5 Å². The molecule has 1 saturated heterocycles. The lowest BCUT2D eigenvalue weighted by Gasteiger charge is -2.15. The van der Waals surface area contributed by atoms with Crippen LogP contribution >= 0.6 is 15.9 Å². The number of hydrogen-bond acceptors (Lipinski definition) is 3. The molecule has 4 amide bonds. The Bertz CT molecular complexity index is 671. The molecule has 2 rings (SSSR count). The first-order valence-electron chi connectivity index (χ1n) is 7.97. The van der Waals surface area contributed by atoms with E-state index in [4.69, 9.17) is 0 Å². The number of likely N-dealkylation sites (tertiary alicyclic amines) is 1. The Morgan fingerprint density at radius 3 is 2.76 bits per heavy atom. The summed E-state index contributed by atoms with van der Waals surface area (Å²) in [4.78, 5) is 36.9. The normalized spacial score (nSPS) is 16.4. The van der Waals surface area contributed by atoms with Gasteiger partial charge in [0.15, 0.2) is 0 Å². The van der Waals surface area contributed by atoms with Crippen LogP contribution in [-0.2, 0) is 9.59 Å². The molecule has 1 aliphatic heterocycles. The molecule has 0 bridgehead atoms. The number of urea groups is 1. The predicted molar refractivity (Wildman–Crippen MR) is 94.0 cm³/mol. The lowest BCUT2D eigenvalue weighted by Crippen LogP contribution is -2.44. The first kappa shape index (κ1) is 19.2. The third-order valence-corrected chi connectivity index (χ3v) is 4.40. The standard InChI is InChI=1S/C16H20BrFN4O3/c1-2-15(24)22-6-5-10(9-22)7-14(23)20-21-16(25)19-13-4-3-11(17)8-12(13)18/h3-4,8,10H,2,5-7,9H2,1H3,(H,20,23)(H2,19,21,25). The van der Waals surface area contributed by atoms with E-state index in [2.05, 4.69) is 32.1 Å². The molecule has 1 unspecified atom stereocenters. The van der Waals surface area contributed by atoms with Crippen molar-refractivity contribution in [3.05, 3.63) is 28.5 Å². The fourth-order valence-corrected chi connectivity index (χ4v) is 2.97. The SMILES string of the molecule is CCC(=O)N1CCC(CC(=O)NNC(=O)Nc2ccc(Br)cc2F)C1. The number of halogens is 2. The second-order valence-electron chi connectivity index (χ2n) is 5.80. The van der Waals surface area contributed by atoms with Gasteiger partial charge in [0, 0.05) is 30.4 Å². The van der Waals surface area contributed by atoms with Crippen molar-refractivity contribution in [3.8, 4) is 0 Å². The van der Waals surface area contributed by atoms with E-state index in [1.807, 2.05) is 0 Å². The summed E-state index contributed by atoms with van der Waals surface area (Å²) in [6.07, 6.45) is 1.42. The number of carbonyl (C=O) groups is 3. The smallest absolute Gasteiger partial charge is 0.338 e. The number of hydrogen-bond donors (Lipinski definition) is 3. The van der Waals surface area contributed by atoms with Gasteiger partial charge in [0.25, 0.3) is 0 Å². The Kier molecular flexibility index (Phi) is 6.74. The zero-order valence-corrected chi connectivity index (χ0v) is 15.4. The van der Waals surface area contributed by atoms with Gasteiger partial charge in [-0.2, -0.15) is 0 Å². The Morgan fingerprint density at radius 2 is 2.08 bits per heavy atom. The molecular weight excluding hydrogens is 395 g/mol. The van der Waals surface area contributed by atoms with Crippen LogP contribution in [0.2, 0.25) is 0 Å². The topological polar surface area (TPSA) is 90.5 Å². The van der Waals surface area contributed by atoms with Gasteiger partial charge in [-0.3, -0.25) is 15.0 Å². The number of amides is 4. The van der Waals surface area contributed by atoms with Crippen LogP contribution in [-0.4, -0.2) is 35.8 Å². The van der Waals surface area contributed by atoms with Gasteiger partial charge in [0.1, 0.15) is 5.82 Å². The molecule has 0 radical (unpaired) electrons. The van der Waals surface area contributed by atoms with E-state index >= 15 is 0 Å². The molecule has 0 saturated carbocycles. The molecule has 0 aromatic heterocycles. The minimum atomic E-state index is -0.746. The highest BCUT2D eigenvalue weighted by Crippen LogP contribution is 2.20. The molecule has 1 aromatic carbocycles. The summed E-state index contributed by atoms with van der Waals surface area (Å²) in [7, 11) is 0. The number of anilines is 1. The number of carbonyl (C=O) groups excluding carboxylic acids is 3. The van der Waals surface area contributed by atoms with Crippen LogP contribution in [0, 0.1) is 11.7 Å². The van der Waals surface area contributed by atoms with Crippen molar-refractivity contribution < 1.29 is 18.8 Å². The fraction of sp³-hybridized carbons (Fsp3) is 0.438. The van der Waals surface area contributed by atoms with Crippen LogP contribution in [0.5, 0.6) is 0 Å². The molecule has 1 fully saturated rings. The quantitative estimate of drug-likeness (QED) is 0.660. The van der Waals surface area contributed by atoms with Crippen molar-refractivity contribution in [3.63, 3.8) is 0 Å². The molecule has 136 valence electrons. The zero-order valence-electron chi connectivity index (χ0n) is 13.8. The first-order valence-corrected chi connectivity index (χ1v) is 8.77. The monoisotopic (exact) mass is 414 g/mol. The average molecular weight is 415 g/mol. The summed E-state index contributed by atoms with van der Waals surface area (Å²) in [5.41, 5.74) is 4.47. The predicted octanol–water partition coefficient (Wildman–Crippen LogP) is 2.39. The van der Waals surface area contributed by atoms with Crippen molar-refractivity contribution in [2.45, 2.75) is 26.2 Å². The van der Waals surface area contributed by atoms with E-state index in [9.17, 15) is 18.8 Å².